The molecule has 94 valence electrons. The van der Waals surface area contributed by atoms with Gasteiger partial charge in [0.1, 0.15) is 0 Å². The average Bonchev–Trinajstić information content (AvgIpc) is 2.30. The molecule has 0 amide bonds. The predicted octanol–water partition coefficient (Wildman–Crippen LogP) is 1.96. The molecule has 0 saturated carbocycles. The molecule has 0 bridgehead atoms. The third-order valence-electron chi connectivity index (χ3n) is 2.64. The summed E-state index contributed by atoms with van der Waals surface area (Å²) in [4.78, 5) is 17.0. The fourth-order valence-corrected chi connectivity index (χ4v) is 2.16. The first-order chi connectivity index (χ1) is 8.04. The molecule has 1 aromatic rings. The summed E-state index contributed by atoms with van der Waals surface area (Å²) in [6.07, 6.45) is 3.50. The van der Waals surface area contributed by atoms with Crippen LogP contribution >= 0.6 is 11.8 Å². The normalized spacial score (nSPS) is 12.7. The summed E-state index contributed by atoms with van der Waals surface area (Å²) < 4.78 is 0. The van der Waals surface area contributed by atoms with E-state index in [0.717, 1.165) is 18.0 Å². The lowest BCUT2D eigenvalue weighted by molar-refractivity contribution is 0.0696. The number of aromatic carboxylic acids is 1. The largest absolute Gasteiger partial charge is 0.478 e. The van der Waals surface area contributed by atoms with Crippen LogP contribution in [0.2, 0.25) is 0 Å². The van der Waals surface area contributed by atoms with Crippen molar-refractivity contribution in [3.05, 3.63) is 29.6 Å². The minimum absolute atomic E-state index is 0.230. The van der Waals surface area contributed by atoms with Gasteiger partial charge in [-0.15, -0.1) is 0 Å². The van der Waals surface area contributed by atoms with Crippen molar-refractivity contribution >= 4 is 17.7 Å². The van der Waals surface area contributed by atoms with Crippen molar-refractivity contribution in [2.75, 3.05) is 19.1 Å². The summed E-state index contributed by atoms with van der Waals surface area (Å²) in [7, 11) is 2.05. The predicted molar refractivity (Wildman–Crippen MR) is 70.5 cm³/mol. The van der Waals surface area contributed by atoms with Crippen molar-refractivity contribution in [3.63, 3.8) is 0 Å². The van der Waals surface area contributed by atoms with E-state index in [1.165, 1.54) is 6.20 Å². The number of hydrogen-bond donors (Lipinski definition) is 1. The Morgan fingerprint density at radius 1 is 1.59 bits per heavy atom. The highest BCUT2D eigenvalue weighted by Crippen LogP contribution is 2.08. The summed E-state index contributed by atoms with van der Waals surface area (Å²) in [5, 5.41) is 8.76. The van der Waals surface area contributed by atoms with Crippen molar-refractivity contribution in [2.45, 2.75) is 19.5 Å². The first-order valence-electron chi connectivity index (χ1n) is 5.42. The smallest absolute Gasteiger partial charge is 0.337 e. The van der Waals surface area contributed by atoms with Crippen LogP contribution in [-0.2, 0) is 6.54 Å². The number of aromatic nitrogens is 1. The molecule has 1 N–H and O–H groups in total. The maximum absolute atomic E-state index is 10.7. The molecular formula is C12H18N2O2S. The number of carboxylic acids is 1. The molecule has 4 nitrogen and oxygen atoms in total. The van der Waals surface area contributed by atoms with Crippen molar-refractivity contribution < 1.29 is 9.90 Å². The van der Waals surface area contributed by atoms with Crippen LogP contribution in [0.25, 0.3) is 0 Å². The molecule has 0 radical (unpaired) electrons. The number of rotatable bonds is 6. The van der Waals surface area contributed by atoms with Gasteiger partial charge in [0, 0.05) is 24.5 Å². The van der Waals surface area contributed by atoms with Crippen LogP contribution in [0.3, 0.4) is 0 Å². The van der Waals surface area contributed by atoms with Crippen LogP contribution in [0.5, 0.6) is 0 Å². The van der Waals surface area contributed by atoms with Gasteiger partial charge in [0.25, 0.3) is 0 Å². The molecule has 0 aliphatic heterocycles. The lowest BCUT2D eigenvalue weighted by Crippen LogP contribution is -2.30. The fraction of sp³-hybridized carbons (Fsp3) is 0.500. The van der Waals surface area contributed by atoms with Gasteiger partial charge in [0.2, 0.25) is 0 Å². The molecule has 1 heterocycles. The van der Waals surface area contributed by atoms with E-state index in [0.29, 0.717) is 6.04 Å². The first kappa shape index (κ1) is 14.0. The molecule has 1 unspecified atom stereocenters. The van der Waals surface area contributed by atoms with Crippen molar-refractivity contribution in [1.82, 2.24) is 9.88 Å². The third-order valence-corrected chi connectivity index (χ3v) is 3.46. The molecule has 0 aliphatic carbocycles. The molecule has 0 aliphatic rings. The molecule has 0 aromatic carbocycles. The Kier molecular flexibility index (Phi) is 5.44. The third kappa shape index (κ3) is 4.36. The van der Waals surface area contributed by atoms with Gasteiger partial charge in [-0.1, -0.05) is 0 Å². The van der Waals surface area contributed by atoms with Crippen LogP contribution in [-0.4, -0.2) is 46.1 Å². The second kappa shape index (κ2) is 6.61. The molecular weight excluding hydrogens is 236 g/mol. The quantitative estimate of drug-likeness (QED) is 0.841. The van der Waals surface area contributed by atoms with Gasteiger partial charge in [0.15, 0.2) is 0 Å². The Hall–Kier alpha value is -1.07. The topological polar surface area (TPSA) is 53.4 Å². The van der Waals surface area contributed by atoms with Gasteiger partial charge in [-0.2, -0.15) is 11.8 Å². The van der Waals surface area contributed by atoms with Gasteiger partial charge >= 0.3 is 5.97 Å². The summed E-state index contributed by atoms with van der Waals surface area (Å²) in [6, 6.07) is 3.84. The average molecular weight is 254 g/mol. The molecule has 0 spiro atoms. The summed E-state index contributed by atoms with van der Waals surface area (Å²) >= 11 is 1.82. The van der Waals surface area contributed by atoms with E-state index in [1.54, 1.807) is 12.1 Å². The van der Waals surface area contributed by atoms with E-state index in [-0.39, 0.29) is 5.56 Å². The molecule has 0 fully saturated rings. The number of hydrogen-bond acceptors (Lipinski definition) is 4. The highest BCUT2D eigenvalue weighted by molar-refractivity contribution is 7.98. The van der Waals surface area contributed by atoms with E-state index >= 15 is 0 Å². The van der Waals surface area contributed by atoms with Gasteiger partial charge in [-0.05, 0) is 32.4 Å². The molecule has 1 rings (SSSR count). The van der Waals surface area contributed by atoms with Crippen molar-refractivity contribution in [3.8, 4) is 0 Å². The minimum Gasteiger partial charge on any atom is -0.478 e. The number of carboxylic acid groups (broad SMARTS) is 1. The van der Waals surface area contributed by atoms with Crippen molar-refractivity contribution in [2.24, 2.45) is 0 Å². The zero-order chi connectivity index (χ0) is 12.8. The van der Waals surface area contributed by atoms with Gasteiger partial charge < -0.3 is 5.11 Å². The number of nitrogens with zero attached hydrogens (tertiary/aromatic N) is 2. The second-order valence-corrected chi connectivity index (χ2v) is 4.97. The molecule has 0 saturated heterocycles. The Morgan fingerprint density at radius 3 is 2.76 bits per heavy atom. The standard InChI is InChI=1S/C12H18N2O2S/c1-9(8-17-3)14(2)7-11-5-4-10(6-13-11)12(15)16/h4-6,9H,7-8H2,1-3H3,(H,15,16). The fourth-order valence-electron chi connectivity index (χ4n) is 1.42. The van der Waals surface area contributed by atoms with E-state index in [2.05, 4.69) is 23.1 Å². The van der Waals surface area contributed by atoms with Gasteiger partial charge in [-0.25, -0.2) is 4.79 Å². The van der Waals surface area contributed by atoms with E-state index < -0.39 is 5.97 Å². The molecule has 5 heteroatoms. The van der Waals surface area contributed by atoms with Crippen LogP contribution in [0.15, 0.2) is 18.3 Å². The monoisotopic (exact) mass is 254 g/mol. The van der Waals surface area contributed by atoms with E-state index in [4.69, 9.17) is 5.11 Å². The van der Waals surface area contributed by atoms with Crippen LogP contribution < -0.4 is 0 Å². The Labute approximate surface area is 106 Å². The Balaban J connectivity index is 2.59. The molecule has 1 aromatic heterocycles. The van der Waals surface area contributed by atoms with E-state index in [9.17, 15) is 4.79 Å². The van der Waals surface area contributed by atoms with Crippen molar-refractivity contribution in [1.29, 1.82) is 0 Å². The number of carbonyl (C=O) groups is 1. The van der Waals surface area contributed by atoms with Gasteiger partial charge in [-0.3, -0.25) is 9.88 Å². The highest BCUT2D eigenvalue weighted by Gasteiger charge is 2.10. The van der Waals surface area contributed by atoms with Crippen LogP contribution in [0.4, 0.5) is 0 Å². The van der Waals surface area contributed by atoms with Crippen LogP contribution in [0.1, 0.15) is 23.0 Å². The summed E-state index contributed by atoms with van der Waals surface area (Å²) in [6.45, 7) is 2.91. The second-order valence-electron chi connectivity index (χ2n) is 4.06. The molecule has 1 atom stereocenters. The SMILES string of the molecule is CSCC(C)N(C)Cc1ccc(C(=O)O)cn1. The first-order valence-corrected chi connectivity index (χ1v) is 6.81. The van der Waals surface area contributed by atoms with Crippen LogP contribution in [0, 0.1) is 0 Å². The Bertz CT molecular complexity index is 367. The summed E-state index contributed by atoms with van der Waals surface area (Å²) in [5.74, 6) is 0.136. The zero-order valence-corrected chi connectivity index (χ0v) is 11.2. The maximum atomic E-state index is 10.7. The lowest BCUT2D eigenvalue weighted by Gasteiger charge is -2.23. The minimum atomic E-state index is -0.937. The Morgan fingerprint density at radius 2 is 2.29 bits per heavy atom. The van der Waals surface area contributed by atoms with Gasteiger partial charge in [0.05, 0.1) is 11.3 Å². The zero-order valence-electron chi connectivity index (χ0n) is 10.4. The highest BCUT2D eigenvalue weighted by atomic mass is 32.2. The number of thioether (sulfide) groups is 1. The number of pyridine rings is 1. The lowest BCUT2D eigenvalue weighted by atomic mass is 10.2. The van der Waals surface area contributed by atoms with E-state index in [1.807, 2.05) is 18.8 Å². The summed E-state index contributed by atoms with van der Waals surface area (Å²) in [5.41, 5.74) is 1.12. The maximum Gasteiger partial charge on any atom is 0.337 e. The molecule has 17 heavy (non-hydrogen) atoms.